The molecular weight excluding hydrogens is 462 g/mol. The number of para-hydroxylation sites is 1. The monoisotopic (exact) mass is 485 g/mol. The van der Waals surface area contributed by atoms with E-state index < -0.39 is 0 Å². The van der Waals surface area contributed by atoms with Gasteiger partial charge in [0.2, 0.25) is 0 Å². The molecule has 38 heavy (non-hydrogen) atoms. The largest absolute Gasteiger partial charge is 0.333 e. The molecule has 1 aliphatic carbocycles. The normalized spacial score (nSPS) is 14.9. The van der Waals surface area contributed by atoms with E-state index in [1.54, 1.807) is 0 Å². The van der Waals surface area contributed by atoms with Crippen LogP contribution in [0.1, 0.15) is 22.7 Å². The minimum atomic E-state index is 0.256. The Balaban J connectivity index is 1.26. The van der Waals surface area contributed by atoms with Gasteiger partial charge in [0.15, 0.2) is 0 Å². The minimum absolute atomic E-state index is 0.256. The topological polar surface area (TPSA) is 32.0 Å². The minimum Gasteiger partial charge on any atom is -0.333 e. The molecule has 0 bridgehead atoms. The molecule has 0 amide bonds. The van der Waals surface area contributed by atoms with Gasteiger partial charge in [-0.15, -0.1) is 0 Å². The summed E-state index contributed by atoms with van der Waals surface area (Å²) in [6.45, 7) is 0. The SMILES string of the molecule is N#Cc1ccc(-c2ccc(N3c4cccc5ccc6c(c45)C3Cc3ccn(-c4ccccc4)c3-6)cc2)cc1. The van der Waals surface area contributed by atoms with E-state index in [1.165, 1.54) is 50.2 Å². The molecule has 1 atom stereocenters. The zero-order chi connectivity index (χ0) is 25.2. The van der Waals surface area contributed by atoms with E-state index in [2.05, 4.69) is 113 Å². The van der Waals surface area contributed by atoms with Gasteiger partial charge in [0, 0.05) is 34.2 Å². The molecule has 2 heterocycles. The van der Waals surface area contributed by atoms with Crippen molar-refractivity contribution in [1.29, 1.82) is 5.26 Å². The second-order valence-electron chi connectivity index (χ2n) is 10.1. The van der Waals surface area contributed by atoms with E-state index in [0.29, 0.717) is 5.56 Å². The maximum atomic E-state index is 9.13. The maximum absolute atomic E-state index is 9.13. The summed E-state index contributed by atoms with van der Waals surface area (Å²) >= 11 is 0. The van der Waals surface area contributed by atoms with Crippen molar-refractivity contribution in [1.82, 2.24) is 4.57 Å². The molecule has 5 aromatic carbocycles. The fourth-order valence-electron chi connectivity index (χ4n) is 6.45. The van der Waals surface area contributed by atoms with Crippen LogP contribution in [0.5, 0.6) is 0 Å². The summed E-state index contributed by atoms with van der Waals surface area (Å²) in [5, 5.41) is 11.8. The molecule has 0 saturated heterocycles. The quantitative estimate of drug-likeness (QED) is 0.251. The van der Waals surface area contributed by atoms with Gasteiger partial charge >= 0.3 is 0 Å². The average molecular weight is 486 g/mol. The summed E-state index contributed by atoms with van der Waals surface area (Å²) in [5.74, 6) is 0. The van der Waals surface area contributed by atoms with E-state index in [-0.39, 0.29) is 6.04 Å². The van der Waals surface area contributed by atoms with Crippen LogP contribution in [0, 0.1) is 11.3 Å². The molecule has 6 aromatic rings. The van der Waals surface area contributed by atoms with Crippen molar-refractivity contribution in [3.8, 4) is 34.1 Å². The Hall–Kier alpha value is -5.07. The first-order valence-corrected chi connectivity index (χ1v) is 13.0. The van der Waals surface area contributed by atoms with Crippen LogP contribution in [0.25, 0.3) is 38.8 Å². The van der Waals surface area contributed by atoms with Crippen LogP contribution in [0.4, 0.5) is 11.4 Å². The van der Waals surface area contributed by atoms with E-state index >= 15 is 0 Å². The first kappa shape index (κ1) is 21.1. The summed E-state index contributed by atoms with van der Waals surface area (Å²) in [7, 11) is 0. The molecule has 1 aliphatic heterocycles. The third-order valence-electron chi connectivity index (χ3n) is 8.13. The van der Waals surface area contributed by atoms with Crippen LogP contribution >= 0.6 is 0 Å². The number of aromatic nitrogens is 1. The lowest BCUT2D eigenvalue weighted by atomic mass is 9.85. The maximum Gasteiger partial charge on any atom is 0.0991 e. The zero-order valence-corrected chi connectivity index (χ0v) is 20.7. The molecular formula is C35H23N3. The highest BCUT2D eigenvalue weighted by atomic mass is 15.2. The number of rotatable bonds is 3. The number of hydrogen-bond donors (Lipinski definition) is 0. The number of nitriles is 1. The van der Waals surface area contributed by atoms with E-state index in [1.807, 2.05) is 24.3 Å². The Bertz CT molecular complexity index is 1890. The molecule has 0 saturated carbocycles. The van der Waals surface area contributed by atoms with Crippen LogP contribution in [0.3, 0.4) is 0 Å². The number of fused-ring (bicyclic) bond motifs is 2. The van der Waals surface area contributed by atoms with Crippen molar-refractivity contribution in [2.45, 2.75) is 12.5 Å². The van der Waals surface area contributed by atoms with E-state index in [4.69, 9.17) is 5.26 Å². The number of hydrogen-bond acceptors (Lipinski definition) is 2. The summed E-state index contributed by atoms with van der Waals surface area (Å²) in [4.78, 5) is 2.53. The van der Waals surface area contributed by atoms with Crippen molar-refractivity contribution in [2.75, 3.05) is 4.90 Å². The lowest BCUT2D eigenvalue weighted by molar-refractivity contribution is 0.707. The zero-order valence-electron chi connectivity index (χ0n) is 20.7. The molecule has 1 unspecified atom stereocenters. The van der Waals surface area contributed by atoms with Crippen LogP contribution < -0.4 is 4.90 Å². The Kier molecular flexibility index (Phi) is 4.41. The fourth-order valence-corrected chi connectivity index (χ4v) is 6.45. The van der Waals surface area contributed by atoms with Crippen LogP contribution in [-0.2, 0) is 6.42 Å². The summed E-state index contributed by atoms with van der Waals surface area (Å²) < 4.78 is 2.35. The second-order valence-corrected chi connectivity index (χ2v) is 10.1. The standard InChI is InChI=1S/C35H23N3/c36-22-23-9-11-24(12-10-23)25-13-16-29(17-14-25)38-31-8-4-5-26-15-18-30-34(33(26)31)32(38)21-27-19-20-37(35(27)30)28-6-2-1-3-7-28/h1-20,32H,21H2. The average Bonchev–Trinajstić information content (AvgIpc) is 3.56. The van der Waals surface area contributed by atoms with Gasteiger partial charge in [-0.1, -0.05) is 66.7 Å². The van der Waals surface area contributed by atoms with Crippen molar-refractivity contribution >= 4 is 22.1 Å². The first-order chi connectivity index (χ1) is 18.8. The highest BCUT2D eigenvalue weighted by molar-refractivity contribution is 6.07. The van der Waals surface area contributed by atoms with Gasteiger partial charge in [-0.3, -0.25) is 0 Å². The fraction of sp³-hybridized carbons (Fsp3) is 0.0571. The molecule has 178 valence electrons. The second kappa shape index (κ2) is 7.96. The first-order valence-electron chi connectivity index (χ1n) is 13.0. The molecule has 1 aromatic heterocycles. The van der Waals surface area contributed by atoms with Gasteiger partial charge in [0.1, 0.15) is 0 Å². The summed E-state index contributed by atoms with van der Waals surface area (Å²) in [6, 6.07) is 43.3. The number of benzene rings is 5. The van der Waals surface area contributed by atoms with Crippen LogP contribution in [0.15, 0.2) is 121 Å². The van der Waals surface area contributed by atoms with Crippen molar-refractivity contribution in [3.05, 3.63) is 138 Å². The molecule has 0 spiro atoms. The number of nitrogens with zero attached hydrogens (tertiary/aromatic N) is 3. The molecule has 0 N–H and O–H groups in total. The van der Waals surface area contributed by atoms with Gasteiger partial charge < -0.3 is 9.47 Å². The molecule has 3 heteroatoms. The highest BCUT2D eigenvalue weighted by Gasteiger charge is 2.39. The van der Waals surface area contributed by atoms with Gasteiger partial charge in [-0.05, 0) is 82.6 Å². The third kappa shape index (κ3) is 2.95. The Morgan fingerprint density at radius 1 is 0.684 bits per heavy atom. The van der Waals surface area contributed by atoms with Crippen LogP contribution in [0.2, 0.25) is 0 Å². The predicted molar refractivity (Wildman–Crippen MR) is 154 cm³/mol. The Morgan fingerprint density at radius 3 is 2.21 bits per heavy atom. The smallest absolute Gasteiger partial charge is 0.0991 e. The number of anilines is 2. The van der Waals surface area contributed by atoms with Crippen molar-refractivity contribution in [3.63, 3.8) is 0 Å². The Morgan fingerprint density at radius 2 is 1.45 bits per heavy atom. The predicted octanol–water partition coefficient (Wildman–Crippen LogP) is 8.59. The van der Waals surface area contributed by atoms with Gasteiger partial charge in [0.05, 0.1) is 23.4 Å². The molecule has 0 radical (unpaired) electrons. The summed E-state index contributed by atoms with van der Waals surface area (Å²) in [6.07, 6.45) is 3.19. The van der Waals surface area contributed by atoms with E-state index in [9.17, 15) is 0 Å². The van der Waals surface area contributed by atoms with E-state index in [0.717, 1.165) is 17.5 Å². The molecule has 8 rings (SSSR count). The van der Waals surface area contributed by atoms with Gasteiger partial charge in [-0.25, -0.2) is 0 Å². The van der Waals surface area contributed by atoms with Gasteiger partial charge in [0.25, 0.3) is 0 Å². The van der Waals surface area contributed by atoms with Crippen molar-refractivity contribution < 1.29 is 0 Å². The Labute approximate surface area is 221 Å². The molecule has 3 nitrogen and oxygen atoms in total. The highest BCUT2D eigenvalue weighted by Crippen LogP contribution is 2.55. The molecule has 0 fully saturated rings. The van der Waals surface area contributed by atoms with Crippen molar-refractivity contribution in [2.24, 2.45) is 0 Å². The lowest BCUT2D eigenvalue weighted by Gasteiger charge is -2.32. The summed E-state index contributed by atoms with van der Waals surface area (Å²) in [5.41, 5.74) is 12.1. The van der Waals surface area contributed by atoms with Gasteiger partial charge in [-0.2, -0.15) is 5.26 Å². The lowest BCUT2D eigenvalue weighted by Crippen LogP contribution is -2.24. The third-order valence-corrected chi connectivity index (χ3v) is 8.13. The molecule has 2 aliphatic rings. The van der Waals surface area contributed by atoms with Crippen LogP contribution in [-0.4, -0.2) is 4.57 Å².